The van der Waals surface area contributed by atoms with Crippen molar-refractivity contribution in [3.05, 3.63) is 58.5 Å². The first kappa shape index (κ1) is 20.3. The Bertz CT molecular complexity index is 995. The van der Waals surface area contributed by atoms with Gasteiger partial charge in [0.1, 0.15) is 5.75 Å². The van der Waals surface area contributed by atoms with Gasteiger partial charge in [0.15, 0.2) is 11.5 Å². The normalized spacial score (nSPS) is 18.7. The van der Waals surface area contributed by atoms with E-state index < -0.39 is 0 Å². The molecule has 2 amide bonds. The summed E-state index contributed by atoms with van der Waals surface area (Å²) in [5, 5.41) is 1.91. The van der Waals surface area contributed by atoms with Crippen molar-refractivity contribution in [2.45, 2.75) is 24.7 Å². The molecule has 1 N–H and O–H groups in total. The zero-order valence-electron chi connectivity index (χ0n) is 16.9. The zero-order valence-corrected chi connectivity index (χ0v) is 17.7. The lowest BCUT2D eigenvalue weighted by molar-refractivity contribution is -0.115. The molecule has 2 aromatic carbocycles. The average Bonchev–Trinajstić information content (AvgIpc) is 3.04. The number of methoxy groups -OCH3 is 2. The summed E-state index contributed by atoms with van der Waals surface area (Å²) in [5.41, 5.74) is 2.01. The van der Waals surface area contributed by atoms with Gasteiger partial charge in [0.2, 0.25) is 0 Å². The third-order valence-corrected chi connectivity index (χ3v) is 6.45. The topological polar surface area (TPSA) is 73.9 Å². The molecule has 1 saturated carbocycles. The lowest BCUT2D eigenvalue weighted by Crippen LogP contribution is -2.40. The van der Waals surface area contributed by atoms with Crippen LogP contribution in [0.15, 0.2) is 47.4 Å². The maximum Gasteiger partial charge on any atom is 0.290 e. The number of ether oxygens (including phenoxy) is 3. The third kappa shape index (κ3) is 4.03. The van der Waals surface area contributed by atoms with Crippen LogP contribution in [0.2, 0.25) is 0 Å². The molecule has 2 aliphatic rings. The number of amides is 2. The van der Waals surface area contributed by atoms with Crippen molar-refractivity contribution in [1.82, 2.24) is 5.32 Å². The molecule has 6 nitrogen and oxygen atoms in total. The molecule has 4 rings (SSSR count). The SMILES string of the molecule is COc1ccc(C2(COc3ccc(C=C4SC(=O)NC4=O)cc3)CCC2)cc1OC. The molecule has 2 fully saturated rings. The second kappa shape index (κ2) is 8.44. The summed E-state index contributed by atoms with van der Waals surface area (Å²) in [4.78, 5) is 23.3. The van der Waals surface area contributed by atoms with Crippen molar-refractivity contribution in [2.75, 3.05) is 20.8 Å². The number of hydrogen-bond acceptors (Lipinski definition) is 6. The number of hydrogen-bond donors (Lipinski definition) is 1. The first-order valence-electron chi connectivity index (χ1n) is 9.73. The highest BCUT2D eigenvalue weighted by Gasteiger charge is 2.40. The number of carbonyl (C=O) groups is 2. The molecule has 1 aliphatic heterocycles. The molecule has 1 aliphatic carbocycles. The van der Waals surface area contributed by atoms with Crippen LogP contribution in [-0.2, 0) is 10.2 Å². The minimum Gasteiger partial charge on any atom is -0.493 e. The molecule has 1 heterocycles. The fraction of sp³-hybridized carbons (Fsp3) is 0.304. The average molecular weight is 426 g/mol. The number of thioether (sulfide) groups is 1. The van der Waals surface area contributed by atoms with Gasteiger partial charge in [0.25, 0.3) is 11.1 Å². The Morgan fingerprint density at radius 1 is 1.03 bits per heavy atom. The molecular weight excluding hydrogens is 402 g/mol. The van der Waals surface area contributed by atoms with Crippen LogP contribution in [-0.4, -0.2) is 32.0 Å². The fourth-order valence-corrected chi connectivity index (χ4v) is 4.42. The largest absolute Gasteiger partial charge is 0.493 e. The molecule has 2 aromatic rings. The van der Waals surface area contributed by atoms with Crippen LogP contribution in [0.25, 0.3) is 6.08 Å². The zero-order chi connectivity index (χ0) is 21.1. The Labute approximate surface area is 179 Å². The molecule has 30 heavy (non-hydrogen) atoms. The predicted octanol–water partition coefficient (Wildman–Crippen LogP) is 4.53. The molecular formula is C23H23NO5S. The van der Waals surface area contributed by atoms with E-state index in [2.05, 4.69) is 11.4 Å². The van der Waals surface area contributed by atoms with E-state index in [-0.39, 0.29) is 16.6 Å². The van der Waals surface area contributed by atoms with Gasteiger partial charge in [-0.05, 0) is 66.1 Å². The molecule has 0 spiro atoms. The van der Waals surface area contributed by atoms with E-state index in [1.165, 1.54) is 12.0 Å². The number of benzene rings is 2. The Morgan fingerprint density at radius 2 is 1.77 bits per heavy atom. The van der Waals surface area contributed by atoms with E-state index in [0.717, 1.165) is 47.4 Å². The van der Waals surface area contributed by atoms with Gasteiger partial charge in [0, 0.05) is 5.41 Å². The van der Waals surface area contributed by atoms with Gasteiger partial charge < -0.3 is 14.2 Å². The molecule has 0 atom stereocenters. The summed E-state index contributed by atoms with van der Waals surface area (Å²) in [7, 11) is 3.28. The van der Waals surface area contributed by atoms with E-state index in [4.69, 9.17) is 14.2 Å². The summed E-state index contributed by atoms with van der Waals surface area (Å²) in [6.45, 7) is 0.579. The standard InChI is InChI=1S/C23H23NO5S/c1-27-18-9-6-16(13-19(18)28-2)23(10-3-11-23)14-29-17-7-4-15(5-8-17)12-20-21(25)24-22(26)30-20/h4-9,12-13H,3,10-11,14H2,1-2H3,(H,24,25,26). The van der Waals surface area contributed by atoms with Crippen LogP contribution in [0, 0.1) is 0 Å². The summed E-state index contributed by atoms with van der Waals surface area (Å²) < 4.78 is 16.9. The van der Waals surface area contributed by atoms with Crippen molar-refractivity contribution in [2.24, 2.45) is 0 Å². The smallest absolute Gasteiger partial charge is 0.290 e. The third-order valence-electron chi connectivity index (χ3n) is 5.64. The first-order valence-corrected chi connectivity index (χ1v) is 10.5. The van der Waals surface area contributed by atoms with Crippen LogP contribution < -0.4 is 19.5 Å². The second-order valence-electron chi connectivity index (χ2n) is 7.41. The Morgan fingerprint density at radius 3 is 2.33 bits per heavy atom. The molecule has 0 bridgehead atoms. The molecule has 0 radical (unpaired) electrons. The van der Waals surface area contributed by atoms with E-state index in [0.29, 0.717) is 11.5 Å². The van der Waals surface area contributed by atoms with Crippen molar-refractivity contribution in [1.29, 1.82) is 0 Å². The molecule has 156 valence electrons. The molecule has 7 heteroatoms. The van der Waals surface area contributed by atoms with E-state index in [9.17, 15) is 9.59 Å². The Hall–Kier alpha value is -2.93. The summed E-state index contributed by atoms with van der Waals surface area (Å²) in [6.07, 6.45) is 4.99. The fourth-order valence-electron chi connectivity index (χ4n) is 3.74. The second-order valence-corrected chi connectivity index (χ2v) is 8.43. The monoisotopic (exact) mass is 425 g/mol. The van der Waals surface area contributed by atoms with Crippen LogP contribution in [0.3, 0.4) is 0 Å². The van der Waals surface area contributed by atoms with Crippen molar-refractivity contribution in [3.8, 4) is 17.2 Å². The van der Waals surface area contributed by atoms with Gasteiger partial charge in [-0.1, -0.05) is 24.6 Å². The Balaban J connectivity index is 1.45. The van der Waals surface area contributed by atoms with Gasteiger partial charge in [-0.2, -0.15) is 0 Å². The molecule has 0 aromatic heterocycles. The quantitative estimate of drug-likeness (QED) is 0.657. The maximum atomic E-state index is 11.7. The summed E-state index contributed by atoms with van der Waals surface area (Å²) in [6, 6.07) is 13.6. The number of imide groups is 1. The van der Waals surface area contributed by atoms with Gasteiger partial charge in [-0.3, -0.25) is 14.9 Å². The highest BCUT2D eigenvalue weighted by atomic mass is 32.2. The van der Waals surface area contributed by atoms with Gasteiger partial charge in [-0.15, -0.1) is 0 Å². The number of nitrogens with one attached hydrogen (secondary N) is 1. The lowest BCUT2D eigenvalue weighted by Gasteiger charge is -2.42. The maximum absolute atomic E-state index is 11.7. The lowest BCUT2D eigenvalue weighted by atomic mass is 9.65. The van der Waals surface area contributed by atoms with E-state index in [1.807, 2.05) is 36.4 Å². The van der Waals surface area contributed by atoms with Gasteiger partial charge >= 0.3 is 0 Å². The summed E-state index contributed by atoms with van der Waals surface area (Å²) in [5.74, 6) is 1.86. The van der Waals surface area contributed by atoms with E-state index >= 15 is 0 Å². The van der Waals surface area contributed by atoms with Crippen molar-refractivity contribution >= 4 is 29.0 Å². The predicted molar refractivity (Wildman–Crippen MR) is 116 cm³/mol. The highest BCUT2D eigenvalue weighted by molar-refractivity contribution is 8.18. The highest BCUT2D eigenvalue weighted by Crippen LogP contribution is 2.46. The molecule has 0 unspecified atom stereocenters. The van der Waals surface area contributed by atoms with Crippen LogP contribution in [0.4, 0.5) is 4.79 Å². The molecule has 1 saturated heterocycles. The van der Waals surface area contributed by atoms with Gasteiger partial charge in [0.05, 0.1) is 25.7 Å². The van der Waals surface area contributed by atoms with Gasteiger partial charge in [-0.25, -0.2) is 0 Å². The van der Waals surface area contributed by atoms with Crippen molar-refractivity contribution in [3.63, 3.8) is 0 Å². The van der Waals surface area contributed by atoms with Crippen LogP contribution in [0.5, 0.6) is 17.2 Å². The first-order chi connectivity index (χ1) is 14.5. The number of rotatable bonds is 7. The number of carbonyl (C=O) groups excluding carboxylic acids is 2. The van der Waals surface area contributed by atoms with Crippen molar-refractivity contribution < 1.29 is 23.8 Å². The summed E-state index contributed by atoms with van der Waals surface area (Å²) >= 11 is 0.911. The van der Waals surface area contributed by atoms with Crippen LogP contribution in [0.1, 0.15) is 30.4 Å². The van der Waals surface area contributed by atoms with E-state index in [1.54, 1.807) is 20.3 Å². The minimum atomic E-state index is -0.354. The Kier molecular flexibility index (Phi) is 5.72. The minimum absolute atomic E-state index is 0.0286. The van der Waals surface area contributed by atoms with Crippen LogP contribution >= 0.6 is 11.8 Å².